The summed E-state index contributed by atoms with van der Waals surface area (Å²) in [7, 11) is 0.342. The van der Waals surface area contributed by atoms with E-state index in [0.29, 0.717) is 16.9 Å². The first-order valence-electron chi connectivity index (χ1n) is 8.45. The summed E-state index contributed by atoms with van der Waals surface area (Å²) in [6.45, 7) is -0.453. The van der Waals surface area contributed by atoms with E-state index in [-0.39, 0.29) is 10.6 Å². The second-order valence-corrected chi connectivity index (χ2v) is 7.54. The summed E-state index contributed by atoms with van der Waals surface area (Å²) in [5.41, 5.74) is 0.747. The molecule has 0 spiro atoms. The van der Waals surface area contributed by atoms with E-state index in [1.165, 1.54) is 39.5 Å². The lowest BCUT2D eigenvalue weighted by molar-refractivity contribution is -0.136. The Labute approximate surface area is 169 Å². The molecule has 0 saturated heterocycles. The van der Waals surface area contributed by atoms with E-state index in [1.54, 1.807) is 30.3 Å². The van der Waals surface area contributed by atoms with Gasteiger partial charge in [0.15, 0.2) is 6.61 Å². The van der Waals surface area contributed by atoms with Crippen LogP contribution in [0.5, 0.6) is 11.5 Å². The number of hydrogen-bond acceptors (Lipinski definition) is 7. The van der Waals surface area contributed by atoms with Crippen LogP contribution < -0.4 is 14.2 Å². The molecule has 0 aliphatic carbocycles. The zero-order valence-electron chi connectivity index (χ0n) is 16.2. The van der Waals surface area contributed by atoms with Crippen molar-refractivity contribution in [1.82, 2.24) is 4.72 Å². The lowest BCUT2D eigenvalue weighted by Crippen LogP contribution is -2.19. The van der Waals surface area contributed by atoms with Gasteiger partial charge in [0.05, 0.1) is 19.8 Å². The highest BCUT2D eigenvalue weighted by Crippen LogP contribution is 2.25. The fourth-order valence-corrected chi connectivity index (χ4v) is 3.35. The van der Waals surface area contributed by atoms with Crippen LogP contribution in [0.2, 0.25) is 0 Å². The summed E-state index contributed by atoms with van der Waals surface area (Å²) in [5.74, 6) is -0.597. The molecule has 2 aromatic carbocycles. The topological polar surface area (TPSA) is 108 Å². The first-order chi connectivity index (χ1) is 13.8. The maximum Gasteiger partial charge on any atom is 0.331 e. The predicted molar refractivity (Wildman–Crippen MR) is 107 cm³/mol. The average molecular weight is 419 g/mol. The molecule has 0 atom stereocenters. The molecule has 29 heavy (non-hydrogen) atoms. The normalized spacial score (nSPS) is 11.3. The van der Waals surface area contributed by atoms with E-state index in [9.17, 15) is 18.0 Å². The predicted octanol–water partition coefficient (Wildman–Crippen LogP) is 2.05. The van der Waals surface area contributed by atoms with Crippen LogP contribution in [0.4, 0.5) is 0 Å². The van der Waals surface area contributed by atoms with Gasteiger partial charge in [0, 0.05) is 6.08 Å². The van der Waals surface area contributed by atoms with Gasteiger partial charge in [-0.15, -0.1) is 0 Å². The number of carbonyl (C=O) groups is 2. The van der Waals surface area contributed by atoms with E-state index in [4.69, 9.17) is 14.2 Å². The van der Waals surface area contributed by atoms with E-state index in [0.717, 1.165) is 6.08 Å². The van der Waals surface area contributed by atoms with Gasteiger partial charge in [-0.05, 0) is 43.0 Å². The molecule has 0 aromatic heterocycles. The Morgan fingerprint density at radius 1 is 1.03 bits per heavy atom. The molecule has 0 radical (unpaired) electrons. The smallest absolute Gasteiger partial charge is 0.331 e. The number of rotatable bonds is 9. The van der Waals surface area contributed by atoms with Crippen LogP contribution in [-0.2, 0) is 19.6 Å². The van der Waals surface area contributed by atoms with Crippen molar-refractivity contribution in [2.24, 2.45) is 0 Å². The third-order valence-corrected chi connectivity index (χ3v) is 5.35. The van der Waals surface area contributed by atoms with Crippen LogP contribution in [0.15, 0.2) is 53.4 Å². The molecule has 9 heteroatoms. The standard InChI is InChI=1S/C20H21NO7S/c1-21-29(24,25)19-12-14(8-10-18(19)27-3)9-11-20(23)28-13-16(22)15-6-4-5-7-17(15)26-2/h4-12,21H,13H2,1-3H3/b11-9+. The van der Waals surface area contributed by atoms with Gasteiger partial charge in [-0.1, -0.05) is 18.2 Å². The summed E-state index contributed by atoms with van der Waals surface area (Å²) in [5, 5.41) is 0. The highest BCUT2D eigenvalue weighted by Gasteiger charge is 2.18. The molecule has 2 rings (SSSR count). The third kappa shape index (κ3) is 5.66. The van der Waals surface area contributed by atoms with E-state index in [2.05, 4.69) is 4.72 Å². The number of benzene rings is 2. The van der Waals surface area contributed by atoms with Gasteiger partial charge in [0.2, 0.25) is 15.8 Å². The average Bonchev–Trinajstić information content (AvgIpc) is 2.75. The quantitative estimate of drug-likeness (QED) is 0.376. The van der Waals surface area contributed by atoms with Crippen molar-refractivity contribution >= 4 is 27.9 Å². The minimum Gasteiger partial charge on any atom is -0.496 e. The first kappa shape index (κ1) is 22.1. The fraction of sp³-hybridized carbons (Fsp3) is 0.200. The number of sulfonamides is 1. The Morgan fingerprint density at radius 3 is 2.38 bits per heavy atom. The number of ketones is 1. The molecule has 8 nitrogen and oxygen atoms in total. The van der Waals surface area contributed by atoms with Gasteiger partial charge < -0.3 is 14.2 Å². The highest BCUT2D eigenvalue weighted by molar-refractivity contribution is 7.89. The molecule has 1 N–H and O–H groups in total. The molecule has 0 unspecified atom stereocenters. The minimum absolute atomic E-state index is 0.0654. The van der Waals surface area contributed by atoms with E-state index < -0.39 is 28.4 Å². The monoisotopic (exact) mass is 419 g/mol. The number of para-hydroxylation sites is 1. The largest absolute Gasteiger partial charge is 0.496 e. The lowest BCUT2D eigenvalue weighted by Gasteiger charge is -2.09. The summed E-state index contributed by atoms with van der Waals surface area (Å²) in [6.07, 6.45) is 2.48. The highest BCUT2D eigenvalue weighted by atomic mass is 32.2. The molecule has 0 amide bonds. The van der Waals surface area contributed by atoms with Gasteiger partial charge in [-0.3, -0.25) is 4.79 Å². The number of ether oxygens (including phenoxy) is 3. The van der Waals surface area contributed by atoms with Gasteiger partial charge in [-0.25, -0.2) is 17.9 Å². The second kappa shape index (κ2) is 9.85. The number of nitrogens with one attached hydrogen (secondary N) is 1. The lowest BCUT2D eigenvalue weighted by atomic mass is 10.1. The van der Waals surface area contributed by atoms with Crippen LogP contribution in [0, 0.1) is 0 Å². The molecule has 154 valence electrons. The zero-order chi connectivity index (χ0) is 21.4. The molecule has 0 aliphatic heterocycles. The van der Waals surface area contributed by atoms with Crippen LogP contribution in [-0.4, -0.2) is 48.0 Å². The Morgan fingerprint density at radius 2 is 1.72 bits per heavy atom. The summed E-state index contributed by atoms with van der Waals surface area (Å²) >= 11 is 0. The number of Topliss-reactive ketones (excluding diaryl/α,β-unsaturated/α-hetero) is 1. The Balaban J connectivity index is 2.07. The number of esters is 1. The third-order valence-electron chi connectivity index (χ3n) is 3.91. The maximum absolute atomic E-state index is 12.2. The van der Waals surface area contributed by atoms with Gasteiger partial charge in [0.25, 0.3) is 0 Å². The molecule has 0 saturated carbocycles. The summed E-state index contributed by atoms with van der Waals surface area (Å²) in [6, 6.07) is 11.0. The number of methoxy groups -OCH3 is 2. The number of carbonyl (C=O) groups excluding carboxylic acids is 2. The van der Waals surface area contributed by atoms with Crippen molar-refractivity contribution in [2.75, 3.05) is 27.9 Å². The molecule has 2 aromatic rings. The number of hydrogen-bond donors (Lipinski definition) is 1. The molecular weight excluding hydrogens is 398 g/mol. The Kier molecular flexibility index (Phi) is 7.52. The second-order valence-electron chi connectivity index (χ2n) is 5.68. The van der Waals surface area contributed by atoms with Gasteiger partial charge in [0.1, 0.15) is 16.4 Å². The summed E-state index contributed by atoms with van der Waals surface area (Å²) in [4.78, 5) is 24.0. The van der Waals surface area contributed by atoms with Gasteiger partial charge in [-0.2, -0.15) is 0 Å². The van der Waals surface area contributed by atoms with Crippen LogP contribution in [0.3, 0.4) is 0 Å². The molecular formula is C20H21NO7S. The van der Waals surface area contributed by atoms with Crippen molar-refractivity contribution in [1.29, 1.82) is 0 Å². The minimum atomic E-state index is -3.74. The van der Waals surface area contributed by atoms with E-state index >= 15 is 0 Å². The Bertz CT molecular complexity index is 1030. The van der Waals surface area contributed by atoms with E-state index in [1.807, 2.05) is 0 Å². The molecule has 0 aliphatic rings. The van der Waals surface area contributed by atoms with Crippen LogP contribution in [0.1, 0.15) is 15.9 Å². The van der Waals surface area contributed by atoms with Crippen molar-refractivity contribution in [3.8, 4) is 11.5 Å². The van der Waals surface area contributed by atoms with Crippen molar-refractivity contribution in [3.63, 3.8) is 0 Å². The van der Waals surface area contributed by atoms with Crippen LogP contribution >= 0.6 is 0 Å². The maximum atomic E-state index is 12.2. The fourth-order valence-electron chi connectivity index (χ4n) is 2.42. The molecule has 0 heterocycles. The van der Waals surface area contributed by atoms with Crippen molar-refractivity contribution in [2.45, 2.75) is 4.90 Å². The molecule has 0 fully saturated rings. The van der Waals surface area contributed by atoms with Crippen LogP contribution in [0.25, 0.3) is 6.08 Å². The van der Waals surface area contributed by atoms with Gasteiger partial charge >= 0.3 is 5.97 Å². The first-order valence-corrected chi connectivity index (χ1v) is 9.93. The molecule has 0 bridgehead atoms. The zero-order valence-corrected chi connectivity index (χ0v) is 17.0. The van der Waals surface area contributed by atoms with Crippen molar-refractivity contribution < 1.29 is 32.2 Å². The summed E-state index contributed by atoms with van der Waals surface area (Å²) < 4.78 is 41.5. The Hall–Kier alpha value is -3.17. The van der Waals surface area contributed by atoms with Crippen molar-refractivity contribution in [3.05, 3.63) is 59.7 Å². The SMILES string of the molecule is CNS(=O)(=O)c1cc(/C=C/C(=O)OCC(=O)c2ccccc2OC)ccc1OC.